The molecule has 3 amide bonds. The van der Waals surface area contributed by atoms with Crippen molar-refractivity contribution in [3.8, 4) is 0 Å². The minimum atomic E-state index is -0.718. The van der Waals surface area contributed by atoms with Crippen LogP contribution in [0.4, 0.5) is 5.69 Å². The van der Waals surface area contributed by atoms with Gasteiger partial charge in [-0.1, -0.05) is 35.8 Å². The molecular weight excluding hydrogens is 418 g/mol. The second-order valence-corrected chi connectivity index (χ2v) is 7.81. The van der Waals surface area contributed by atoms with Gasteiger partial charge in [-0.05, 0) is 41.6 Å². The van der Waals surface area contributed by atoms with Gasteiger partial charge in [0.2, 0.25) is 11.8 Å². The molecule has 0 aliphatic heterocycles. The van der Waals surface area contributed by atoms with Gasteiger partial charge in [0.1, 0.15) is 6.04 Å². The Labute approximate surface area is 164 Å². The molecule has 2 rings (SSSR count). The van der Waals surface area contributed by atoms with Gasteiger partial charge in [-0.15, -0.1) is 11.3 Å². The standard InChI is InChI=1S/C18H20BrN3O3S/c1-11(2)16(22-17(24)14-4-3-9-26-14)18(25)20-10-15(23)21-13-7-5-12(19)6-8-13/h3-9,11,16H,10H2,1-2H3,(H,20,25)(H,21,23)(H,22,24). The van der Waals surface area contributed by atoms with Crippen LogP contribution >= 0.6 is 27.3 Å². The van der Waals surface area contributed by atoms with E-state index in [4.69, 9.17) is 0 Å². The van der Waals surface area contributed by atoms with Crippen molar-refractivity contribution in [1.29, 1.82) is 0 Å². The first-order valence-corrected chi connectivity index (χ1v) is 9.71. The lowest BCUT2D eigenvalue weighted by Gasteiger charge is -2.21. The molecule has 1 aromatic carbocycles. The van der Waals surface area contributed by atoms with Gasteiger partial charge in [-0.2, -0.15) is 0 Å². The minimum absolute atomic E-state index is 0.117. The van der Waals surface area contributed by atoms with Crippen LogP contribution in [0.3, 0.4) is 0 Å². The van der Waals surface area contributed by atoms with Crippen LogP contribution in [0.15, 0.2) is 46.3 Å². The number of hydrogen-bond donors (Lipinski definition) is 3. The quantitative estimate of drug-likeness (QED) is 0.621. The summed E-state index contributed by atoms with van der Waals surface area (Å²) in [5, 5.41) is 9.79. The minimum Gasteiger partial charge on any atom is -0.345 e. The van der Waals surface area contributed by atoms with Crippen LogP contribution in [0.1, 0.15) is 23.5 Å². The lowest BCUT2D eigenvalue weighted by molar-refractivity contribution is -0.126. The average molecular weight is 438 g/mol. The van der Waals surface area contributed by atoms with Crippen LogP contribution in [-0.2, 0) is 9.59 Å². The van der Waals surface area contributed by atoms with Crippen LogP contribution in [-0.4, -0.2) is 30.3 Å². The summed E-state index contributed by atoms with van der Waals surface area (Å²) in [5.74, 6) is -1.15. The fourth-order valence-electron chi connectivity index (χ4n) is 2.17. The molecule has 1 unspecified atom stereocenters. The van der Waals surface area contributed by atoms with E-state index in [2.05, 4.69) is 31.9 Å². The number of carbonyl (C=O) groups excluding carboxylic acids is 3. The molecule has 3 N–H and O–H groups in total. The lowest BCUT2D eigenvalue weighted by atomic mass is 10.0. The summed E-state index contributed by atoms with van der Waals surface area (Å²) in [6.07, 6.45) is 0. The van der Waals surface area contributed by atoms with Crippen LogP contribution in [0.25, 0.3) is 0 Å². The van der Waals surface area contributed by atoms with Crippen molar-refractivity contribution in [1.82, 2.24) is 10.6 Å². The molecule has 1 atom stereocenters. The Balaban J connectivity index is 1.87. The highest BCUT2D eigenvalue weighted by Crippen LogP contribution is 2.14. The lowest BCUT2D eigenvalue weighted by Crippen LogP contribution is -2.50. The van der Waals surface area contributed by atoms with E-state index >= 15 is 0 Å². The van der Waals surface area contributed by atoms with Crippen LogP contribution in [0.5, 0.6) is 0 Å². The first kappa shape index (κ1) is 20.1. The van der Waals surface area contributed by atoms with Gasteiger partial charge in [0, 0.05) is 10.2 Å². The molecule has 138 valence electrons. The molecule has 0 saturated heterocycles. The van der Waals surface area contributed by atoms with E-state index in [0.717, 1.165) is 4.47 Å². The molecule has 26 heavy (non-hydrogen) atoms. The van der Waals surface area contributed by atoms with E-state index in [1.807, 2.05) is 26.0 Å². The summed E-state index contributed by atoms with van der Waals surface area (Å²) < 4.78 is 0.907. The van der Waals surface area contributed by atoms with Crippen LogP contribution in [0, 0.1) is 5.92 Å². The highest BCUT2D eigenvalue weighted by Gasteiger charge is 2.25. The molecule has 0 aliphatic rings. The number of halogens is 1. The molecule has 0 bridgehead atoms. The maximum atomic E-state index is 12.4. The van der Waals surface area contributed by atoms with Crippen molar-refractivity contribution < 1.29 is 14.4 Å². The molecule has 0 radical (unpaired) electrons. The zero-order chi connectivity index (χ0) is 19.1. The second kappa shape index (κ2) is 9.49. The van der Waals surface area contributed by atoms with Crippen molar-refractivity contribution >= 4 is 50.7 Å². The Kier molecular flexibility index (Phi) is 7.35. The molecule has 0 fully saturated rings. The molecule has 1 heterocycles. The van der Waals surface area contributed by atoms with E-state index in [9.17, 15) is 14.4 Å². The predicted molar refractivity (Wildman–Crippen MR) is 106 cm³/mol. The molecule has 0 spiro atoms. The van der Waals surface area contributed by atoms with E-state index in [1.54, 1.807) is 29.6 Å². The third-order valence-electron chi connectivity index (χ3n) is 3.53. The van der Waals surface area contributed by atoms with Crippen molar-refractivity contribution in [3.63, 3.8) is 0 Å². The normalized spacial score (nSPS) is 11.7. The van der Waals surface area contributed by atoms with Crippen LogP contribution < -0.4 is 16.0 Å². The third-order valence-corrected chi connectivity index (χ3v) is 4.93. The third kappa shape index (κ3) is 5.96. The van der Waals surface area contributed by atoms with Gasteiger partial charge >= 0.3 is 0 Å². The van der Waals surface area contributed by atoms with Gasteiger partial charge in [0.25, 0.3) is 5.91 Å². The summed E-state index contributed by atoms with van der Waals surface area (Å²) in [6, 6.07) is 9.87. The Bertz CT molecular complexity index is 760. The summed E-state index contributed by atoms with van der Waals surface area (Å²) in [4.78, 5) is 37.1. The zero-order valence-corrected chi connectivity index (χ0v) is 16.8. The van der Waals surface area contributed by atoms with E-state index < -0.39 is 11.9 Å². The molecule has 6 nitrogen and oxygen atoms in total. The fourth-order valence-corrected chi connectivity index (χ4v) is 3.06. The van der Waals surface area contributed by atoms with Crippen molar-refractivity contribution in [3.05, 3.63) is 51.1 Å². The smallest absolute Gasteiger partial charge is 0.262 e. The number of hydrogen-bond acceptors (Lipinski definition) is 4. The van der Waals surface area contributed by atoms with E-state index in [0.29, 0.717) is 10.6 Å². The average Bonchev–Trinajstić information content (AvgIpc) is 3.14. The van der Waals surface area contributed by atoms with E-state index in [1.165, 1.54) is 11.3 Å². The largest absolute Gasteiger partial charge is 0.345 e. The molecule has 1 aromatic heterocycles. The second-order valence-electron chi connectivity index (χ2n) is 5.95. The fraction of sp³-hybridized carbons (Fsp3) is 0.278. The van der Waals surface area contributed by atoms with Gasteiger partial charge in [0.15, 0.2) is 0 Å². The molecule has 2 aromatic rings. The number of benzene rings is 1. The number of amides is 3. The summed E-state index contributed by atoms with van der Waals surface area (Å²) in [6.45, 7) is 3.49. The molecule has 8 heteroatoms. The Morgan fingerprint density at radius 1 is 1.12 bits per heavy atom. The molecule has 0 aliphatic carbocycles. The Morgan fingerprint density at radius 3 is 2.38 bits per heavy atom. The Morgan fingerprint density at radius 2 is 1.81 bits per heavy atom. The van der Waals surface area contributed by atoms with E-state index in [-0.39, 0.29) is 24.3 Å². The van der Waals surface area contributed by atoms with Gasteiger partial charge < -0.3 is 16.0 Å². The maximum Gasteiger partial charge on any atom is 0.262 e. The van der Waals surface area contributed by atoms with Gasteiger partial charge in [0.05, 0.1) is 11.4 Å². The summed E-state index contributed by atoms with van der Waals surface area (Å²) in [5.41, 5.74) is 0.638. The van der Waals surface area contributed by atoms with Crippen LogP contribution in [0.2, 0.25) is 0 Å². The first-order chi connectivity index (χ1) is 12.4. The summed E-state index contributed by atoms with van der Waals surface area (Å²) >= 11 is 4.63. The summed E-state index contributed by atoms with van der Waals surface area (Å²) in [7, 11) is 0. The topological polar surface area (TPSA) is 87.3 Å². The zero-order valence-electron chi connectivity index (χ0n) is 14.4. The monoisotopic (exact) mass is 437 g/mol. The predicted octanol–water partition coefficient (Wildman–Crippen LogP) is 3.02. The number of nitrogens with one attached hydrogen (secondary N) is 3. The number of anilines is 1. The van der Waals surface area contributed by atoms with Crippen molar-refractivity contribution in [2.75, 3.05) is 11.9 Å². The highest BCUT2D eigenvalue weighted by atomic mass is 79.9. The number of rotatable bonds is 7. The number of carbonyl (C=O) groups is 3. The maximum absolute atomic E-state index is 12.4. The highest BCUT2D eigenvalue weighted by molar-refractivity contribution is 9.10. The first-order valence-electron chi connectivity index (χ1n) is 8.04. The molecule has 0 saturated carbocycles. The van der Waals surface area contributed by atoms with Gasteiger partial charge in [-0.25, -0.2) is 0 Å². The van der Waals surface area contributed by atoms with Crippen molar-refractivity contribution in [2.45, 2.75) is 19.9 Å². The van der Waals surface area contributed by atoms with Gasteiger partial charge in [-0.3, -0.25) is 14.4 Å². The Hall–Kier alpha value is -2.19. The number of thiophene rings is 1. The molecular formula is C18H20BrN3O3S. The SMILES string of the molecule is CC(C)C(NC(=O)c1cccs1)C(=O)NCC(=O)Nc1ccc(Br)cc1. The van der Waals surface area contributed by atoms with Crippen molar-refractivity contribution in [2.24, 2.45) is 5.92 Å².